The van der Waals surface area contributed by atoms with Crippen LogP contribution in [0, 0.1) is 20.2 Å². The molecule has 2 N–H and O–H groups in total. The minimum absolute atomic E-state index is 0.0834. The molecule has 1 aromatic rings. The van der Waals surface area contributed by atoms with Gasteiger partial charge in [0.2, 0.25) is 0 Å². The molecule has 0 fully saturated rings. The molecule has 0 saturated carbocycles. The summed E-state index contributed by atoms with van der Waals surface area (Å²) in [6.45, 7) is 0.411. The van der Waals surface area contributed by atoms with Gasteiger partial charge in [0.1, 0.15) is 5.69 Å². The molecule has 0 saturated heterocycles. The Morgan fingerprint density at radius 2 is 1.79 bits per heavy atom. The van der Waals surface area contributed by atoms with Crippen LogP contribution < -0.4 is 10.7 Å². The molecule has 1 aromatic carbocycles. The van der Waals surface area contributed by atoms with Gasteiger partial charge in [-0.1, -0.05) is 18.2 Å². The van der Waals surface area contributed by atoms with Gasteiger partial charge in [0.05, 0.1) is 4.92 Å². The van der Waals surface area contributed by atoms with Crippen molar-refractivity contribution in [3.8, 4) is 0 Å². The highest BCUT2D eigenvalue weighted by molar-refractivity contribution is 5.43. The number of hydrogen-bond acceptors (Lipinski definition) is 5. The summed E-state index contributed by atoms with van der Waals surface area (Å²) >= 11 is 0. The molecule has 0 bridgehead atoms. The lowest BCUT2D eigenvalue weighted by Crippen LogP contribution is -2.45. The lowest BCUT2D eigenvalue weighted by Gasteiger charge is -2.17. The van der Waals surface area contributed by atoms with Gasteiger partial charge in [0.15, 0.2) is 5.03 Å². The molecule has 0 aliphatic carbocycles. The summed E-state index contributed by atoms with van der Waals surface area (Å²) in [5.74, 6) is 0. The van der Waals surface area contributed by atoms with Crippen LogP contribution in [0.25, 0.3) is 0 Å². The summed E-state index contributed by atoms with van der Waals surface area (Å²) in [7, 11) is 0. The number of para-hydroxylation sites is 1. The molecule has 0 aromatic heterocycles. The first-order chi connectivity index (χ1) is 9.07. The smallest absolute Gasteiger partial charge is 0.330 e. The number of hydrogen-bond donors (Lipinski definition) is 1. The van der Waals surface area contributed by atoms with E-state index < -0.39 is 16.1 Å². The zero-order valence-corrected chi connectivity index (χ0v) is 10.3. The third-order valence-corrected chi connectivity index (χ3v) is 2.64. The maximum absolute atomic E-state index is 11.1. The van der Waals surface area contributed by atoms with Crippen molar-refractivity contribution in [1.29, 1.82) is 0 Å². The second-order valence-corrected chi connectivity index (χ2v) is 3.97. The molecule has 0 amide bonds. The largest absolute Gasteiger partial charge is 0.341 e. The lowest BCUT2D eigenvalue weighted by atomic mass is 10.2. The van der Waals surface area contributed by atoms with Gasteiger partial charge in [-0.25, -0.2) is 10.1 Å². The lowest BCUT2D eigenvalue weighted by molar-refractivity contribution is -0.600. The van der Waals surface area contributed by atoms with Crippen LogP contribution in [0.3, 0.4) is 0 Å². The van der Waals surface area contributed by atoms with Crippen molar-refractivity contribution >= 4 is 5.69 Å². The van der Waals surface area contributed by atoms with Crippen LogP contribution in [0.4, 0.5) is 5.69 Å². The summed E-state index contributed by atoms with van der Waals surface area (Å²) in [5.41, 5.74) is 5.52. The first-order valence-corrected chi connectivity index (χ1v) is 5.90. The molecule has 0 spiro atoms. The van der Waals surface area contributed by atoms with Crippen LogP contribution >= 0.6 is 0 Å². The van der Waals surface area contributed by atoms with Crippen molar-refractivity contribution in [3.63, 3.8) is 0 Å². The van der Waals surface area contributed by atoms with Gasteiger partial charge in [-0.05, 0) is 36.5 Å². The highest BCUT2D eigenvalue weighted by Gasteiger charge is 2.37. The topological polar surface area (TPSA) is 116 Å². The van der Waals surface area contributed by atoms with E-state index in [0.29, 0.717) is 24.4 Å². The number of anilines is 1. The van der Waals surface area contributed by atoms with Gasteiger partial charge in [-0.15, -0.1) is 0 Å². The monoisotopic (exact) mass is 268 g/mol. The number of hydrazine groups is 1. The summed E-state index contributed by atoms with van der Waals surface area (Å²) in [6, 6.07) is 7.84. The van der Waals surface area contributed by atoms with Crippen LogP contribution in [0.2, 0.25) is 0 Å². The Morgan fingerprint density at radius 1 is 1.16 bits per heavy atom. The number of nitrogens with zero attached hydrogens (tertiary/aromatic N) is 3. The number of nitro groups is 2. The zero-order chi connectivity index (χ0) is 14.3. The van der Waals surface area contributed by atoms with Crippen molar-refractivity contribution < 1.29 is 9.96 Å². The van der Waals surface area contributed by atoms with Gasteiger partial charge in [0.25, 0.3) is 0 Å². The number of rotatable bonds is 8. The maximum atomic E-state index is 11.1. The van der Waals surface area contributed by atoms with E-state index >= 15 is 0 Å². The maximum Gasteiger partial charge on any atom is 0.341 e. The molecule has 104 valence electrons. The van der Waals surface area contributed by atoms with Crippen molar-refractivity contribution in [2.45, 2.75) is 25.4 Å². The van der Waals surface area contributed by atoms with E-state index in [4.69, 9.17) is 5.73 Å². The molecule has 0 heterocycles. The SMILES string of the molecule is NCCCCC(N(c1ccccc1)[N+](=O)[O-])[N+](=O)[O-]. The molecule has 8 heteroatoms. The minimum atomic E-state index is -1.39. The van der Waals surface area contributed by atoms with E-state index in [2.05, 4.69) is 0 Å². The highest BCUT2D eigenvalue weighted by atomic mass is 16.7. The standard InChI is InChI=1S/C11H16N4O4/c12-9-5-4-8-11(14(16)17)13(15(18)19)10-6-2-1-3-7-10/h1-3,6-7,11H,4-5,8-9,12H2. The molecule has 1 unspecified atom stereocenters. The van der Waals surface area contributed by atoms with Gasteiger partial charge in [0, 0.05) is 6.42 Å². The molecule has 19 heavy (non-hydrogen) atoms. The first kappa shape index (κ1) is 14.8. The second kappa shape index (κ2) is 7.27. The fraction of sp³-hybridized carbons (Fsp3) is 0.455. The Morgan fingerprint density at radius 3 is 2.26 bits per heavy atom. The quantitative estimate of drug-likeness (QED) is 0.330. The van der Waals surface area contributed by atoms with Crippen molar-refractivity contribution in [1.82, 2.24) is 0 Å². The average molecular weight is 268 g/mol. The number of nitrogens with two attached hydrogens (primary N) is 1. The zero-order valence-electron chi connectivity index (χ0n) is 10.3. The van der Waals surface area contributed by atoms with Gasteiger partial charge >= 0.3 is 6.17 Å². The van der Waals surface area contributed by atoms with Gasteiger partial charge in [-0.3, -0.25) is 10.1 Å². The highest BCUT2D eigenvalue weighted by Crippen LogP contribution is 2.20. The van der Waals surface area contributed by atoms with E-state index in [0.717, 1.165) is 0 Å². The Balaban J connectivity index is 2.93. The minimum Gasteiger partial charge on any atom is -0.330 e. The van der Waals surface area contributed by atoms with Crippen LogP contribution in [0.1, 0.15) is 19.3 Å². The third kappa shape index (κ3) is 4.18. The summed E-state index contributed by atoms with van der Waals surface area (Å²) < 4.78 is 0. The third-order valence-electron chi connectivity index (χ3n) is 2.64. The van der Waals surface area contributed by atoms with Gasteiger partial charge in [-0.2, -0.15) is 0 Å². The molecular formula is C11H16N4O4. The predicted octanol–water partition coefficient (Wildman–Crippen LogP) is 1.42. The number of unbranched alkanes of at least 4 members (excludes halogenated alkanes) is 1. The van der Waals surface area contributed by atoms with E-state index in [1.807, 2.05) is 0 Å². The molecule has 0 aliphatic rings. The fourth-order valence-corrected chi connectivity index (χ4v) is 1.74. The van der Waals surface area contributed by atoms with Crippen LogP contribution in [0.15, 0.2) is 30.3 Å². The second-order valence-electron chi connectivity index (χ2n) is 3.97. The summed E-state index contributed by atoms with van der Waals surface area (Å²) in [5, 5.41) is 22.0. The fourth-order valence-electron chi connectivity index (χ4n) is 1.74. The first-order valence-electron chi connectivity index (χ1n) is 5.90. The Labute approximate surface area is 110 Å². The van der Waals surface area contributed by atoms with Crippen LogP contribution in [-0.4, -0.2) is 22.7 Å². The van der Waals surface area contributed by atoms with Crippen molar-refractivity contribution in [3.05, 3.63) is 50.6 Å². The predicted molar refractivity (Wildman–Crippen MR) is 69.6 cm³/mol. The summed E-state index contributed by atoms with van der Waals surface area (Å²) in [4.78, 5) is 21.5. The normalized spacial score (nSPS) is 11.8. The van der Waals surface area contributed by atoms with Crippen LogP contribution in [-0.2, 0) is 0 Å². The molecule has 0 radical (unpaired) electrons. The Hall–Kier alpha value is -2.22. The molecule has 0 aliphatic heterocycles. The van der Waals surface area contributed by atoms with Crippen molar-refractivity contribution in [2.75, 3.05) is 11.6 Å². The van der Waals surface area contributed by atoms with Crippen molar-refractivity contribution in [2.24, 2.45) is 5.73 Å². The molecule has 1 rings (SSSR count). The molecular weight excluding hydrogens is 252 g/mol. The average Bonchev–Trinajstić information content (AvgIpc) is 2.38. The van der Waals surface area contributed by atoms with E-state index in [1.165, 1.54) is 12.1 Å². The van der Waals surface area contributed by atoms with E-state index in [1.54, 1.807) is 18.2 Å². The van der Waals surface area contributed by atoms with Gasteiger partial charge < -0.3 is 5.73 Å². The summed E-state index contributed by atoms with van der Waals surface area (Å²) in [6.07, 6.45) is -0.228. The van der Waals surface area contributed by atoms with Crippen LogP contribution in [0.5, 0.6) is 0 Å². The van der Waals surface area contributed by atoms with E-state index in [-0.39, 0.29) is 12.1 Å². The molecule has 8 nitrogen and oxygen atoms in total. The Kier molecular flexibility index (Phi) is 5.68. The molecule has 1 atom stereocenters. The Bertz CT molecular complexity index is 426. The van der Waals surface area contributed by atoms with E-state index in [9.17, 15) is 20.2 Å². The number of benzene rings is 1.